The smallest absolute Gasteiger partial charge is 0.352 e. The largest absolute Gasteiger partial charge is 0.477 e. The summed E-state index contributed by atoms with van der Waals surface area (Å²) >= 11 is 0. The lowest BCUT2D eigenvalue weighted by Gasteiger charge is -2.21. The average molecular weight is 263 g/mol. The number of carboxylic acids is 1. The number of aliphatic carboxylic acids is 1. The molecule has 1 aromatic rings. The van der Waals surface area contributed by atoms with Gasteiger partial charge in [-0.1, -0.05) is 0 Å². The molecule has 98 valence electrons. The predicted molar refractivity (Wildman–Crippen MR) is 64.9 cm³/mol. The first-order valence-corrected chi connectivity index (χ1v) is 5.37. The van der Waals surface area contributed by atoms with Gasteiger partial charge in [-0.05, 0) is 12.1 Å². The van der Waals surface area contributed by atoms with E-state index in [1.165, 1.54) is 24.3 Å². The summed E-state index contributed by atoms with van der Waals surface area (Å²) in [7, 11) is 0. The van der Waals surface area contributed by atoms with Crippen molar-refractivity contribution in [1.82, 2.24) is 0 Å². The number of non-ortho nitro benzene ring substituents is 1. The van der Waals surface area contributed by atoms with E-state index in [9.17, 15) is 19.7 Å². The summed E-state index contributed by atoms with van der Waals surface area (Å²) in [6.45, 7) is 0. The van der Waals surface area contributed by atoms with Gasteiger partial charge in [0, 0.05) is 25.0 Å². The standard InChI is InChI=1S/C11H9N3O5/c15-10-6-5-9(11(16)17)12-13(10)7-1-3-8(4-2-7)14(18)19/h1-4H,5-6H2,(H,16,17). The van der Waals surface area contributed by atoms with E-state index in [1.54, 1.807) is 0 Å². The molecule has 8 nitrogen and oxygen atoms in total. The Bertz CT molecular complexity index is 578. The van der Waals surface area contributed by atoms with Crippen molar-refractivity contribution >= 4 is 29.0 Å². The van der Waals surface area contributed by atoms with Crippen molar-refractivity contribution in [1.29, 1.82) is 0 Å². The molecular weight excluding hydrogens is 254 g/mol. The van der Waals surface area contributed by atoms with Crippen molar-refractivity contribution in [3.63, 3.8) is 0 Å². The van der Waals surface area contributed by atoms with E-state index in [4.69, 9.17) is 5.11 Å². The Kier molecular flexibility index (Phi) is 3.23. The van der Waals surface area contributed by atoms with Gasteiger partial charge in [0.25, 0.3) is 5.69 Å². The van der Waals surface area contributed by atoms with E-state index in [0.717, 1.165) is 5.01 Å². The van der Waals surface area contributed by atoms with Gasteiger partial charge in [0.1, 0.15) is 5.71 Å². The van der Waals surface area contributed by atoms with E-state index in [-0.39, 0.29) is 30.1 Å². The summed E-state index contributed by atoms with van der Waals surface area (Å²) in [5.74, 6) is -1.53. The number of carbonyl (C=O) groups is 2. The van der Waals surface area contributed by atoms with E-state index in [0.29, 0.717) is 5.69 Å². The van der Waals surface area contributed by atoms with Crippen molar-refractivity contribution < 1.29 is 19.6 Å². The number of nitrogens with zero attached hydrogens (tertiary/aromatic N) is 3. The fraction of sp³-hybridized carbons (Fsp3) is 0.182. The molecular formula is C11H9N3O5. The summed E-state index contributed by atoms with van der Waals surface area (Å²) in [5.41, 5.74) is 0.0719. The van der Waals surface area contributed by atoms with E-state index < -0.39 is 10.9 Å². The van der Waals surface area contributed by atoms with E-state index in [1.807, 2.05) is 0 Å². The van der Waals surface area contributed by atoms with Crippen LogP contribution < -0.4 is 5.01 Å². The van der Waals surface area contributed by atoms with Gasteiger partial charge >= 0.3 is 5.97 Å². The minimum absolute atomic E-state index is 0.0438. The quantitative estimate of drug-likeness (QED) is 0.649. The molecule has 2 rings (SSSR count). The molecule has 1 amide bonds. The van der Waals surface area contributed by atoms with Gasteiger partial charge in [-0.3, -0.25) is 14.9 Å². The molecule has 0 aliphatic carbocycles. The van der Waals surface area contributed by atoms with Crippen LogP contribution in [0.15, 0.2) is 29.4 Å². The maximum Gasteiger partial charge on any atom is 0.352 e. The number of amides is 1. The summed E-state index contributed by atoms with van der Waals surface area (Å²) in [4.78, 5) is 32.4. The zero-order valence-corrected chi connectivity index (χ0v) is 9.65. The molecule has 1 N–H and O–H groups in total. The number of anilines is 1. The highest BCUT2D eigenvalue weighted by Crippen LogP contribution is 2.23. The summed E-state index contributed by atoms with van der Waals surface area (Å²) in [6, 6.07) is 5.16. The lowest BCUT2D eigenvalue weighted by molar-refractivity contribution is -0.384. The number of hydrogen-bond acceptors (Lipinski definition) is 5. The van der Waals surface area contributed by atoms with Gasteiger partial charge < -0.3 is 5.11 Å². The molecule has 0 atom stereocenters. The molecule has 1 aromatic carbocycles. The van der Waals surface area contributed by atoms with Crippen LogP contribution in [0.1, 0.15) is 12.8 Å². The third kappa shape index (κ3) is 2.57. The van der Waals surface area contributed by atoms with Crippen LogP contribution in [0.4, 0.5) is 11.4 Å². The lowest BCUT2D eigenvalue weighted by atomic mass is 10.1. The molecule has 0 spiro atoms. The molecule has 0 saturated carbocycles. The Balaban J connectivity index is 2.33. The van der Waals surface area contributed by atoms with Crippen molar-refractivity contribution in [2.45, 2.75) is 12.8 Å². The molecule has 0 unspecified atom stereocenters. The Morgan fingerprint density at radius 2 is 1.95 bits per heavy atom. The minimum atomic E-state index is -1.18. The van der Waals surface area contributed by atoms with Crippen LogP contribution in [0.3, 0.4) is 0 Å². The van der Waals surface area contributed by atoms with Crippen molar-refractivity contribution in [3.8, 4) is 0 Å². The summed E-state index contributed by atoms with van der Waals surface area (Å²) < 4.78 is 0. The zero-order chi connectivity index (χ0) is 14.0. The minimum Gasteiger partial charge on any atom is -0.477 e. The molecule has 0 bridgehead atoms. The molecule has 0 saturated heterocycles. The Hall–Kier alpha value is -2.77. The number of carbonyl (C=O) groups excluding carboxylic acids is 1. The van der Waals surface area contributed by atoms with Crippen molar-refractivity contribution in [3.05, 3.63) is 34.4 Å². The number of carboxylic acid groups (broad SMARTS) is 1. The van der Waals surface area contributed by atoms with Crippen LogP contribution >= 0.6 is 0 Å². The first kappa shape index (κ1) is 12.7. The normalized spacial score (nSPS) is 15.1. The van der Waals surface area contributed by atoms with Crippen molar-refractivity contribution in [2.24, 2.45) is 5.10 Å². The van der Waals surface area contributed by atoms with Crippen molar-refractivity contribution in [2.75, 3.05) is 5.01 Å². The Morgan fingerprint density at radius 3 is 2.47 bits per heavy atom. The summed E-state index contributed by atoms with van der Waals surface area (Å²) in [6.07, 6.45) is 0.125. The van der Waals surface area contributed by atoms with Gasteiger partial charge in [0.15, 0.2) is 0 Å². The van der Waals surface area contributed by atoms with Gasteiger partial charge in [-0.25, -0.2) is 9.80 Å². The Labute approximate surface area is 107 Å². The topological polar surface area (TPSA) is 113 Å². The second kappa shape index (κ2) is 4.84. The number of nitro benzene ring substituents is 1. The fourth-order valence-electron chi connectivity index (χ4n) is 1.62. The second-order valence-electron chi connectivity index (χ2n) is 3.83. The number of nitro groups is 1. The monoisotopic (exact) mass is 263 g/mol. The van der Waals surface area contributed by atoms with Crippen LogP contribution in [0.25, 0.3) is 0 Å². The van der Waals surface area contributed by atoms with Gasteiger partial charge in [-0.15, -0.1) is 0 Å². The third-order valence-corrected chi connectivity index (χ3v) is 2.58. The molecule has 19 heavy (non-hydrogen) atoms. The predicted octanol–water partition coefficient (Wildman–Crippen LogP) is 1.16. The lowest BCUT2D eigenvalue weighted by Crippen LogP contribution is -2.34. The van der Waals surface area contributed by atoms with Crippen LogP contribution in [-0.4, -0.2) is 27.6 Å². The first-order valence-electron chi connectivity index (χ1n) is 5.37. The number of rotatable bonds is 3. The van der Waals surface area contributed by atoms with Crippen LogP contribution in [0.5, 0.6) is 0 Å². The van der Waals surface area contributed by atoms with Crippen LogP contribution in [-0.2, 0) is 9.59 Å². The highest BCUT2D eigenvalue weighted by atomic mass is 16.6. The number of hydrazone groups is 1. The van der Waals surface area contributed by atoms with Crippen LogP contribution in [0.2, 0.25) is 0 Å². The molecule has 8 heteroatoms. The Morgan fingerprint density at radius 1 is 1.32 bits per heavy atom. The van der Waals surface area contributed by atoms with E-state index in [2.05, 4.69) is 5.10 Å². The molecule has 0 fully saturated rings. The fourth-order valence-corrected chi connectivity index (χ4v) is 1.62. The maximum atomic E-state index is 11.7. The van der Waals surface area contributed by atoms with E-state index >= 15 is 0 Å². The third-order valence-electron chi connectivity index (χ3n) is 2.58. The molecule has 0 radical (unpaired) electrons. The van der Waals surface area contributed by atoms with Gasteiger partial charge in [0.2, 0.25) is 5.91 Å². The summed E-state index contributed by atoms with van der Waals surface area (Å²) in [5, 5.41) is 24.1. The SMILES string of the molecule is O=C(O)C1=NN(c2ccc([N+](=O)[O-])cc2)C(=O)CC1. The maximum absolute atomic E-state index is 11.7. The molecule has 0 aromatic heterocycles. The van der Waals surface area contributed by atoms with Gasteiger partial charge in [0.05, 0.1) is 10.6 Å². The highest BCUT2D eigenvalue weighted by Gasteiger charge is 2.25. The van der Waals surface area contributed by atoms with Crippen LogP contribution in [0, 0.1) is 10.1 Å². The second-order valence-corrected chi connectivity index (χ2v) is 3.83. The zero-order valence-electron chi connectivity index (χ0n) is 9.65. The number of benzene rings is 1. The molecule has 1 aliphatic rings. The van der Waals surface area contributed by atoms with Gasteiger partial charge in [-0.2, -0.15) is 5.10 Å². The highest BCUT2D eigenvalue weighted by molar-refractivity contribution is 6.37. The molecule has 1 aliphatic heterocycles. The average Bonchev–Trinajstić information content (AvgIpc) is 2.39. The first-order chi connectivity index (χ1) is 8.99. The number of hydrogen-bond donors (Lipinski definition) is 1. The molecule has 1 heterocycles.